The van der Waals surface area contributed by atoms with Crippen LogP contribution in [0.15, 0.2) is 30.3 Å². The number of hydrogen-bond acceptors (Lipinski definition) is 2. The molecular formula is C10H17O4P. The summed E-state index contributed by atoms with van der Waals surface area (Å²) in [6.45, 7) is 3.59. The molecule has 1 aromatic carbocycles. The minimum atomic E-state index is -4.20. The maximum absolute atomic E-state index is 10.0. The van der Waals surface area contributed by atoms with E-state index in [9.17, 15) is 4.57 Å². The molecule has 1 rings (SSSR count). The standard InChI is InChI=1S/C7H8.C3H9O4P/c1-7-5-3-2-4-6-7;1-2-3(4)8(5,6)7/h2-6H,1H3;3-4H,2H2,1H3,(H2,5,6,7). The zero-order chi connectivity index (χ0) is 11.9. The van der Waals surface area contributed by atoms with E-state index in [1.165, 1.54) is 12.5 Å². The maximum Gasteiger partial charge on any atom is 0.353 e. The van der Waals surface area contributed by atoms with Crippen LogP contribution in [0.25, 0.3) is 0 Å². The molecule has 1 atom stereocenters. The molecule has 0 spiro atoms. The Labute approximate surface area is 89.7 Å². The number of rotatable bonds is 2. The Kier molecular flexibility index (Phi) is 6.45. The zero-order valence-electron chi connectivity index (χ0n) is 8.87. The fourth-order valence-electron chi connectivity index (χ4n) is 0.772. The van der Waals surface area contributed by atoms with Gasteiger partial charge in [-0.2, -0.15) is 0 Å². The average Bonchev–Trinajstić information content (AvgIpc) is 2.17. The van der Waals surface area contributed by atoms with Crippen LogP contribution in [0.4, 0.5) is 0 Å². The second kappa shape index (κ2) is 6.75. The van der Waals surface area contributed by atoms with E-state index in [0.717, 1.165) is 0 Å². The molecule has 0 radical (unpaired) electrons. The Bertz CT molecular complexity index is 306. The smallest absolute Gasteiger partial charge is 0.353 e. The lowest BCUT2D eigenvalue weighted by Gasteiger charge is -2.07. The minimum absolute atomic E-state index is 0.0876. The lowest BCUT2D eigenvalue weighted by Crippen LogP contribution is -2.03. The molecule has 0 aromatic heterocycles. The fraction of sp³-hybridized carbons (Fsp3) is 0.400. The molecule has 0 aliphatic rings. The SMILES string of the molecule is CCC(O)P(=O)(O)O.Cc1ccccc1. The lowest BCUT2D eigenvalue weighted by atomic mass is 10.2. The molecule has 0 bridgehead atoms. The second-order valence-corrected chi connectivity index (χ2v) is 4.91. The van der Waals surface area contributed by atoms with Crippen LogP contribution in [-0.4, -0.2) is 20.7 Å². The lowest BCUT2D eigenvalue weighted by molar-refractivity contribution is 0.199. The van der Waals surface area contributed by atoms with Crippen molar-refractivity contribution in [2.24, 2.45) is 0 Å². The summed E-state index contributed by atoms with van der Waals surface area (Å²) in [7, 11) is -4.20. The summed E-state index contributed by atoms with van der Waals surface area (Å²) in [5, 5.41) is 8.43. The first-order valence-corrected chi connectivity index (χ1v) is 6.31. The third-order valence-electron chi connectivity index (χ3n) is 1.69. The van der Waals surface area contributed by atoms with E-state index in [-0.39, 0.29) is 6.42 Å². The summed E-state index contributed by atoms with van der Waals surface area (Å²) < 4.78 is 10.0. The number of aryl methyl sites for hydroxylation is 1. The van der Waals surface area contributed by atoms with Crippen molar-refractivity contribution in [2.45, 2.75) is 26.1 Å². The Morgan fingerprint density at radius 2 is 1.73 bits per heavy atom. The van der Waals surface area contributed by atoms with Crippen molar-refractivity contribution in [1.29, 1.82) is 0 Å². The van der Waals surface area contributed by atoms with Gasteiger partial charge in [0.15, 0.2) is 5.85 Å². The van der Waals surface area contributed by atoms with E-state index < -0.39 is 13.4 Å². The molecule has 0 fully saturated rings. The van der Waals surface area contributed by atoms with Crippen LogP contribution in [0, 0.1) is 6.92 Å². The van der Waals surface area contributed by atoms with Gasteiger partial charge in [-0.25, -0.2) is 0 Å². The predicted molar refractivity (Wildman–Crippen MR) is 59.5 cm³/mol. The van der Waals surface area contributed by atoms with Crippen LogP contribution in [-0.2, 0) is 4.57 Å². The minimum Gasteiger partial charge on any atom is -0.380 e. The number of aliphatic hydroxyl groups excluding tert-OH is 1. The van der Waals surface area contributed by atoms with Crippen LogP contribution < -0.4 is 0 Å². The van der Waals surface area contributed by atoms with Gasteiger partial charge in [-0.15, -0.1) is 0 Å². The third-order valence-corrected chi connectivity index (χ3v) is 2.84. The largest absolute Gasteiger partial charge is 0.380 e. The first-order chi connectivity index (χ1) is 6.88. The first-order valence-electron chi connectivity index (χ1n) is 4.63. The van der Waals surface area contributed by atoms with E-state index in [4.69, 9.17) is 14.9 Å². The van der Waals surface area contributed by atoms with Crippen molar-refractivity contribution >= 4 is 7.60 Å². The molecular weight excluding hydrogens is 215 g/mol. The first kappa shape index (κ1) is 14.3. The maximum atomic E-state index is 10.0. The Morgan fingerprint density at radius 3 is 1.87 bits per heavy atom. The fourth-order valence-corrected chi connectivity index (χ4v) is 1.25. The Hall–Kier alpha value is -0.670. The summed E-state index contributed by atoms with van der Waals surface area (Å²) >= 11 is 0. The van der Waals surface area contributed by atoms with Gasteiger partial charge in [0.2, 0.25) is 0 Å². The molecule has 0 heterocycles. The molecule has 3 N–H and O–H groups in total. The van der Waals surface area contributed by atoms with E-state index in [0.29, 0.717) is 0 Å². The highest BCUT2D eigenvalue weighted by Gasteiger charge is 2.23. The molecule has 5 heteroatoms. The average molecular weight is 232 g/mol. The van der Waals surface area contributed by atoms with Gasteiger partial charge >= 0.3 is 7.60 Å². The van der Waals surface area contributed by atoms with Crippen LogP contribution in [0.3, 0.4) is 0 Å². The molecule has 1 aromatic rings. The highest BCUT2D eigenvalue weighted by Crippen LogP contribution is 2.40. The van der Waals surface area contributed by atoms with E-state index in [1.54, 1.807) is 0 Å². The molecule has 0 saturated carbocycles. The molecule has 0 amide bonds. The predicted octanol–water partition coefficient (Wildman–Crippen LogP) is 1.89. The normalized spacial score (nSPS) is 12.6. The highest BCUT2D eigenvalue weighted by molar-refractivity contribution is 7.52. The van der Waals surface area contributed by atoms with Crippen molar-refractivity contribution in [3.05, 3.63) is 35.9 Å². The van der Waals surface area contributed by atoms with E-state index in [1.807, 2.05) is 18.2 Å². The molecule has 86 valence electrons. The van der Waals surface area contributed by atoms with Gasteiger partial charge in [0.05, 0.1) is 0 Å². The Balaban J connectivity index is 0.000000262. The van der Waals surface area contributed by atoms with Crippen LogP contribution in [0.1, 0.15) is 18.9 Å². The number of hydrogen-bond donors (Lipinski definition) is 3. The monoisotopic (exact) mass is 232 g/mol. The quantitative estimate of drug-likeness (QED) is 0.680. The van der Waals surface area contributed by atoms with Gasteiger partial charge in [0.1, 0.15) is 0 Å². The molecule has 0 aliphatic carbocycles. The number of benzene rings is 1. The Morgan fingerprint density at radius 1 is 1.27 bits per heavy atom. The third kappa shape index (κ3) is 7.28. The molecule has 1 unspecified atom stereocenters. The second-order valence-electron chi connectivity index (χ2n) is 3.13. The van der Waals surface area contributed by atoms with Crippen LogP contribution in [0.2, 0.25) is 0 Å². The zero-order valence-corrected chi connectivity index (χ0v) is 9.76. The molecule has 15 heavy (non-hydrogen) atoms. The summed E-state index contributed by atoms with van der Waals surface area (Å²) in [5.74, 6) is -1.48. The molecule has 0 aliphatic heterocycles. The van der Waals surface area contributed by atoms with E-state index >= 15 is 0 Å². The van der Waals surface area contributed by atoms with Gasteiger partial charge in [0.25, 0.3) is 0 Å². The van der Waals surface area contributed by atoms with Crippen LogP contribution >= 0.6 is 7.60 Å². The number of aliphatic hydroxyl groups is 1. The summed E-state index contributed by atoms with van der Waals surface area (Å²) in [4.78, 5) is 16.3. The van der Waals surface area contributed by atoms with Crippen molar-refractivity contribution in [1.82, 2.24) is 0 Å². The van der Waals surface area contributed by atoms with Gasteiger partial charge in [0, 0.05) is 0 Å². The van der Waals surface area contributed by atoms with Gasteiger partial charge in [-0.05, 0) is 13.3 Å². The summed E-state index contributed by atoms with van der Waals surface area (Å²) in [6, 6.07) is 10.3. The van der Waals surface area contributed by atoms with E-state index in [2.05, 4.69) is 19.1 Å². The van der Waals surface area contributed by atoms with Crippen molar-refractivity contribution < 1.29 is 19.5 Å². The van der Waals surface area contributed by atoms with Crippen molar-refractivity contribution in [2.75, 3.05) is 0 Å². The van der Waals surface area contributed by atoms with Gasteiger partial charge < -0.3 is 14.9 Å². The summed E-state index contributed by atoms with van der Waals surface area (Å²) in [6.07, 6.45) is 0.0876. The van der Waals surface area contributed by atoms with Crippen molar-refractivity contribution in [3.63, 3.8) is 0 Å². The van der Waals surface area contributed by atoms with Crippen molar-refractivity contribution in [3.8, 4) is 0 Å². The van der Waals surface area contributed by atoms with Gasteiger partial charge in [-0.3, -0.25) is 4.57 Å². The van der Waals surface area contributed by atoms with Gasteiger partial charge in [-0.1, -0.05) is 42.8 Å². The molecule has 4 nitrogen and oxygen atoms in total. The topological polar surface area (TPSA) is 77.8 Å². The molecule has 0 saturated heterocycles. The summed E-state index contributed by atoms with van der Waals surface area (Å²) in [5.41, 5.74) is 1.32. The highest BCUT2D eigenvalue weighted by atomic mass is 31.2. The van der Waals surface area contributed by atoms with Crippen LogP contribution in [0.5, 0.6) is 0 Å².